The van der Waals surface area contributed by atoms with Gasteiger partial charge in [-0.25, -0.2) is 5.53 Å². The van der Waals surface area contributed by atoms with E-state index in [-0.39, 0.29) is 30.0 Å². The van der Waals surface area contributed by atoms with Gasteiger partial charge in [0.05, 0.1) is 12.8 Å². The Kier molecular flexibility index (Phi) is 4.57. The third kappa shape index (κ3) is 2.45. The molecule has 0 radical (unpaired) electrons. The van der Waals surface area contributed by atoms with Gasteiger partial charge in [0.2, 0.25) is 0 Å². The van der Waals surface area contributed by atoms with Crippen LogP contribution in [0, 0.1) is 22.8 Å². The van der Waals surface area contributed by atoms with E-state index >= 15 is 0 Å². The summed E-state index contributed by atoms with van der Waals surface area (Å²) in [5, 5.41) is 4.83. The smallest absolute Gasteiger partial charge is 0.316 e. The second-order valence-electron chi connectivity index (χ2n) is 8.12. The summed E-state index contributed by atoms with van der Waals surface area (Å²) in [7, 11) is 3.36. The van der Waals surface area contributed by atoms with Crippen LogP contribution in [0.3, 0.4) is 0 Å². The minimum absolute atomic E-state index is 0.0152. The number of carbonyl (C=O) groups is 2. The Labute approximate surface area is 163 Å². The Hall–Kier alpha value is -2.54. The van der Waals surface area contributed by atoms with Gasteiger partial charge in [-0.1, -0.05) is 31.5 Å². The Morgan fingerprint density at radius 3 is 2.86 bits per heavy atom. The van der Waals surface area contributed by atoms with Crippen molar-refractivity contribution in [1.29, 1.82) is 5.53 Å². The van der Waals surface area contributed by atoms with Crippen LogP contribution in [0.15, 0.2) is 29.4 Å². The molecule has 1 aliphatic carbocycles. The summed E-state index contributed by atoms with van der Waals surface area (Å²) in [6.45, 7) is 3.31. The van der Waals surface area contributed by atoms with Gasteiger partial charge in [-0.3, -0.25) is 9.59 Å². The molecule has 4 rings (SSSR count). The zero-order valence-electron chi connectivity index (χ0n) is 16.5. The van der Waals surface area contributed by atoms with Crippen LogP contribution in [0.2, 0.25) is 0 Å². The average molecular weight is 382 g/mol. The van der Waals surface area contributed by atoms with E-state index in [4.69, 9.17) is 10.3 Å². The molecule has 28 heavy (non-hydrogen) atoms. The van der Waals surface area contributed by atoms with Gasteiger partial charge in [0, 0.05) is 36.0 Å². The number of rotatable bonds is 3. The number of carbonyl (C=O) groups excluding carboxylic acids is 2. The first kappa shape index (κ1) is 18.8. The topological polar surface area (TPSA) is 98.6 Å². The SMILES string of the molecule is CCC1CN(C)CC2(C(=O)OC)C(N=N)c3c([nH]c4ccccc34)C(=O)CC12. The number of aromatic nitrogens is 1. The van der Waals surface area contributed by atoms with E-state index in [2.05, 4.69) is 21.9 Å². The van der Waals surface area contributed by atoms with Gasteiger partial charge in [0.25, 0.3) is 0 Å². The summed E-state index contributed by atoms with van der Waals surface area (Å²) in [6, 6.07) is 6.86. The molecule has 0 spiro atoms. The number of methoxy groups -OCH3 is 1. The van der Waals surface area contributed by atoms with Gasteiger partial charge < -0.3 is 14.6 Å². The molecule has 2 heterocycles. The number of hydrogen-bond acceptors (Lipinski definition) is 6. The molecule has 0 bridgehead atoms. The molecule has 1 aliphatic heterocycles. The normalized spacial score (nSPS) is 30.4. The van der Waals surface area contributed by atoms with Crippen LogP contribution >= 0.6 is 0 Å². The number of ketones is 1. The number of piperidine rings is 1. The van der Waals surface area contributed by atoms with Gasteiger partial charge >= 0.3 is 5.97 Å². The number of nitrogens with one attached hydrogen (secondary N) is 2. The van der Waals surface area contributed by atoms with E-state index in [0.717, 1.165) is 23.9 Å². The lowest BCUT2D eigenvalue weighted by molar-refractivity contribution is -0.167. The fraction of sp³-hybridized carbons (Fsp3) is 0.524. The number of nitrogens with zero attached hydrogens (tertiary/aromatic N) is 2. The van der Waals surface area contributed by atoms with E-state index in [0.29, 0.717) is 17.8 Å². The monoisotopic (exact) mass is 382 g/mol. The van der Waals surface area contributed by atoms with Gasteiger partial charge in [-0.05, 0) is 24.9 Å². The van der Waals surface area contributed by atoms with E-state index in [1.807, 2.05) is 31.3 Å². The number of ether oxygens (including phenoxy) is 1. The first-order valence-corrected chi connectivity index (χ1v) is 9.75. The van der Waals surface area contributed by atoms with Gasteiger partial charge in [0.15, 0.2) is 5.78 Å². The molecule has 7 nitrogen and oxygen atoms in total. The number of likely N-dealkylation sites (tertiary alicyclic amines) is 1. The second kappa shape index (κ2) is 6.81. The number of Topliss-reactive ketones (excluding diaryl/α,β-unsaturated/α-hetero) is 1. The molecule has 2 aliphatic rings. The second-order valence-corrected chi connectivity index (χ2v) is 8.12. The fourth-order valence-corrected chi connectivity index (χ4v) is 5.55. The molecule has 4 atom stereocenters. The predicted octanol–water partition coefficient (Wildman–Crippen LogP) is 3.57. The van der Waals surface area contributed by atoms with Crippen LogP contribution in [-0.2, 0) is 9.53 Å². The fourth-order valence-electron chi connectivity index (χ4n) is 5.55. The van der Waals surface area contributed by atoms with E-state index in [1.54, 1.807) is 0 Å². The van der Waals surface area contributed by atoms with Crippen molar-refractivity contribution in [2.24, 2.45) is 22.4 Å². The summed E-state index contributed by atoms with van der Waals surface area (Å²) < 4.78 is 5.29. The molecule has 2 N–H and O–H groups in total. The first-order chi connectivity index (χ1) is 13.5. The number of para-hydroxylation sites is 1. The minimum Gasteiger partial charge on any atom is -0.468 e. The molecule has 1 aromatic heterocycles. The molecule has 0 saturated carbocycles. The summed E-state index contributed by atoms with van der Waals surface area (Å²) in [5.41, 5.74) is 8.99. The maximum Gasteiger partial charge on any atom is 0.316 e. The average Bonchev–Trinajstić information content (AvgIpc) is 3.04. The minimum atomic E-state index is -1.06. The Bertz CT molecular complexity index is 952. The van der Waals surface area contributed by atoms with E-state index < -0.39 is 11.5 Å². The highest BCUT2D eigenvalue weighted by Crippen LogP contribution is 2.56. The quantitative estimate of drug-likeness (QED) is 0.626. The molecule has 7 heteroatoms. The Morgan fingerprint density at radius 2 is 2.18 bits per heavy atom. The molecule has 1 aromatic carbocycles. The molecule has 4 unspecified atom stereocenters. The summed E-state index contributed by atoms with van der Waals surface area (Å²) in [5.74, 6) is -0.457. The number of H-pyrrole nitrogens is 1. The maximum absolute atomic E-state index is 13.3. The number of aromatic amines is 1. The maximum atomic E-state index is 13.3. The van der Waals surface area contributed by atoms with Crippen molar-refractivity contribution >= 4 is 22.7 Å². The van der Waals surface area contributed by atoms with Crippen LogP contribution in [0.5, 0.6) is 0 Å². The summed E-state index contributed by atoms with van der Waals surface area (Å²) in [4.78, 5) is 32.0. The largest absolute Gasteiger partial charge is 0.468 e. The lowest BCUT2D eigenvalue weighted by atomic mass is 9.60. The zero-order chi connectivity index (χ0) is 20.1. The lowest BCUT2D eigenvalue weighted by Crippen LogP contribution is -2.58. The zero-order valence-corrected chi connectivity index (χ0v) is 16.5. The molecule has 1 fully saturated rings. The Morgan fingerprint density at radius 1 is 1.43 bits per heavy atom. The van der Waals surface area contributed by atoms with Crippen LogP contribution in [0.1, 0.15) is 41.9 Å². The van der Waals surface area contributed by atoms with Gasteiger partial charge in [-0.2, -0.15) is 5.11 Å². The number of benzene rings is 1. The van der Waals surface area contributed by atoms with Crippen molar-refractivity contribution in [3.05, 3.63) is 35.5 Å². The molecule has 148 valence electrons. The first-order valence-electron chi connectivity index (χ1n) is 9.75. The number of hydrogen-bond donors (Lipinski definition) is 2. The van der Waals surface area contributed by atoms with Crippen molar-refractivity contribution in [3.8, 4) is 0 Å². The molecule has 0 amide bonds. The van der Waals surface area contributed by atoms with Crippen molar-refractivity contribution in [3.63, 3.8) is 0 Å². The van der Waals surface area contributed by atoms with Crippen LogP contribution in [0.25, 0.3) is 10.9 Å². The van der Waals surface area contributed by atoms with E-state index in [1.165, 1.54) is 7.11 Å². The summed E-state index contributed by atoms with van der Waals surface area (Å²) >= 11 is 0. The number of fused-ring (bicyclic) bond motifs is 4. The predicted molar refractivity (Wildman–Crippen MR) is 104 cm³/mol. The van der Waals surface area contributed by atoms with E-state index in [9.17, 15) is 9.59 Å². The molecule has 1 saturated heterocycles. The van der Waals surface area contributed by atoms with Crippen LogP contribution in [0.4, 0.5) is 0 Å². The van der Waals surface area contributed by atoms with Gasteiger partial charge in [-0.15, -0.1) is 0 Å². The Balaban J connectivity index is 2.04. The van der Waals surface area contributed by atoms with Crippen molar-refractivity contribution in [2.75, 3.05) is 27.2 Å². The van der Waals surface area contributed by atoms with Crippen molar-refractivity contribution in [2.45, 2.75) is 25.8 Å². The highest BCUT2D eigenvalue weighted by molar-refractivity contribution is 6.04. The van der Waals surface area contributed by atoms with Crippen LogP contribution in [-0.4, -0.2) is 48.9 Å². The standard InChI is InChI=1S/C21H26N4O3/c1-4-12-10-25(2)11-21(20(27)28-3)14(12)9-16(26)18-17(19(21)24-22)13-7-5-6-8-15(13)23-18/h5-8,12,14,19,22-23H,4,9-11H2,1-3H3. The van der Waals surface area contributed by atoms with Crippen molar-refractivity contribution in [1.82, 2.24) is 9.88 Å². The number of esters is 1. The molecule has 2 aromatic rings. The highest BCUT2D eigenvalue weighted by atomic mass is 16.5. The summed E-state index contributed by atoms with van der Waals surface area (Å²) in [6.07, 6.45) is 1.10. The lowest BCUT2D eigenvalue weighted by Gasteiger charge is -2.50. The molecular weight excluding hydrogens is 356 g/mol. The third-order valence-electron chi connectivity index (χ3n) is 6.72. The van der Waals surface area contributed by atoms with Gasteiger partial charge in [0.1, 0.15) is 11.5 Å². The third-order valence-corrected chi connectivity index (χ3v) is 6.72. The van der Waals surface area contributed by atoms with Crippen LogP contribution < -0.4 is 0 Å². The highest BCUT2D eigenvalue weighted by Gasteiger charge is 2.61. The molecular formula is C21H26N4O3. The van der Waals surface area contributed by atoms with Crippen molar-refractivity contribution < 1.29 is 14.3 Å².